The molecule has 4 rings (SSSR count). The normalized spacial score (nSPS) is 22.7. The van der Waals surface area contributed by atoms with E-state index in [1.165, 1.54) is 99.6 Å². The lowest BCUT2D eigenvalue weighted by atomic mass is 9.60. The van der Waals surface area contributed by atoms with Gasteiger partial charge in [0.05, 0.1) is 0 Å². The van der Waals surface area contributed by atoms with Crippen LogP contribution in [-0.2, 0) is 11.8 Å². The van der Waals surface area contributed by atoms with Crippen LogP contribution in [0.3, 0.4) is 0 Å². The van der Waals surface area contributed by atoms with Gasteiger partial charge in [-0.1, -0.05) is 51.3 Å². The van der Waals surface area contributed by atoms with Crippen LogP contribution in [0.2, 0.25) is 0 Å². The minimum absolute atomic E-state index is 0.0395. The van der Waals surface area contributed by atoms with E-state index in [4.69, 9.17) is 0 Å². The molecular formula is C32H48N2O2S. The molecule has 2 aliphatic rings. The first-order valence-electron chi connectivity index (χ1n) is 14.6. The molecule has 0 amide bonds. The molecule has 1 aliphatic heterocycles. The molecule has 1 aliphatic carbocycles. The highest BCUT2D eigenvalue weighted by molar-refractivity contribution is 7.99. The number of rotatable bonds is 13. The second-order valence-electron chi connectivity index (χ2n) is 11.4. The van der Waals surface area contributed by atoms with Crippen molar-refractivity contribution in [2.45, 2.75) is 76.5 Å². The highest BCUT2D eigenvalue weighted by Crippen LogP contribution is 2.50. The number of aryl methyl sites for hydroxylation is 1. The summed E-state index contributed by atoms with van der Waals surface area (Å²) in [4.78, 5) is 5.32. The van der Waals surface area contributed by atoms with Gasteiger partial charge in [-0.05, 0) is 96.7 Å². The predicted molar refractivity (Wildman–Crippen MR) is 158 cm³/mol. The monoisotopic (exact) mass is 524 g/mol. The number of unbranched alkanes of at least 4 members (excludes halogenated alkanes) is 3. The van der Waals surface area contributed by atoms with E-state index in [0.717, 1.165) is 19.3 Å². The summed E-state index contributed by atoms with van der Waals surface area (Å²) in [5.41, 5.74) is 4.06. The Kier molecular flexibility index (Phi) is 10.6. The van der Waals surface area contributed by atoms with E-state index < -0.39 is 0 Å². The Morgan fingerprint density at radius 2 is 1.54 bits per heavy atom. The quantitative estimate of drug-likeness (QED) is 0.282. The van der Waals surface area contributed by atoms with Gasteiger partial charge < -0.3 is 15.1 Å². The number of aromatic hydroxyl groups is 2. The van der Waals surface area contributed by atoms with Gasteiger partial charge in [0, 0.05) is 38.5 Å². The topological polar surface area (TPSA) is 46.9 Å². The molecule has 4 nitrogen and oxygen atoms in total. The van der Waals surface area contributed by atoms with Crippen molar-refractivity contribution in [3.8, 4) is 11.5 Å². The van der Waals surface area contributed by atoms with Crippen molar-refractivity contribution < 1.29 is 10.2 Å². The second kappa shape index (κ2) is 13.9. The fourth-order valence-corrected chi connectivity index (χ4v) is 7.39. The van der Waals surface area contributed by atoms with E-state index in [1.807, 2.05) is 24.3 Å². The third-order valence-electron chi connectivity index (χ3n) is 8.84. The van der Waals surface area contributed by atoms with Crippen LogP contribution >= 0.6 is 11.8 Å². The number of hydrogen-bond acceptors (Lipinski definition) is 5. The minimum atomic E-state index is 0.0395. The van der Waals surface area contributed by atoms with Crippen LogP contribution in [0.25, 0.3) is 0 Å². The maximum atomic E-state index is 10.1. The van der Waals surface area contributed by atoms with Crippen molar-refractivity contribution in [2.24, 2.45) is 0 Å². The van der Waals surface area contributed by atoms with Gasteiger partial charge in [0.1, 0.15) is 11.5 Å². The van der Waals surface area contributed by atoms with Crippen molar-refractivity contribution in [1.82, 2.24) is 9.80 Å². The smallest absolute Gasteiger partial charge is 0.115 e. The van der Waals surface area contributed by atoms with Crippen LogP contribution in [0.4, 0.5) is 0 Å². The fraction of sp³-hybridized carbons (Fsp3) is 0.625. The average Bonchev–Trinajstić information content (AvgIpc) is 2.91. The first-order chi connectivity index (χ1) is 18.0. The molecule has 0 spiro atoms. The SMILES string of the molecule is CCCCCSCCN1CCN(CCCCC2c3ccc(O)cc3CCC2(C)c2ccc(O)cc2)CC1. The number of hydrogen-bond donors (Lipinski definition) is 2. The van der Waals surface area contributed by atoms with Crippen LogP contribution in [0, 0.1) is 0 Å². The molecule has 2 N–H and O–H groups in total. The largest absolute Gasteiger partial charge is 0.508 e. The summed E-state index contributed by atoms with van der Waals surface area (Å²) >= 11 is 2.13. The Hall–Kier alpha value is -1.69. The maximum Gasteiger partial charge on any atom is 0.115 e. The lowest BCUT2D eigenvalue weighted by molar-refractivity contribution is 0.135. The lowest BCUT2D eigenvalue weighted by Gasteiger charge is -2.44. The summed E-state index contributed by atoms with van der Waals surface area (Å²) in [6, 6.07) is 13.9. The summed E-state index contributed by atoms with van der Waals surface area (Å²) in [6.45, 7) is 12.0. The zero-order chi connectivity index (χ0) is 26.1. The molecule has 1 saturated heterocycles. The number of thioether (sulfide) groups is 1. The highest BCUT2D eigenvalue weighted by atomic mass is 32.2. The van der Waals surface area contributed by atoms with Gasteiger partial charge in [-0.25, -0.2) is 0 Å². The Labute approximate surface area is 229 Å². The first kappa shape index (κ1) is 28.3. The number of fused-ring (bicyclic) bond motifs is 1. The summed E-state index contributed by atoms with van der Waals surface area (Å²) in [7, 11) is 0. The predicted octanol–water partition coefficient (Wildman–Crippen LogP) is 6.80. The highest BCUT2D eigenvalue weighted by Gasteiger charge is 2.40. The molecule has 204 valence electrons. The molecule has 2 atom stereocenters. The first-order valence-corrected chi connectivity index (χ1v) is 15.8. The summed E-state index contributed by atoms with van der Waals surface area (Å²) in [5, 5.41) is 19.9. The van der Waals surface area contributed by atoms with Crippen molar-refractivity contribution >= 4 is 11.8 Å². The lowest BCUT2D eigenvalue weighted by Crippen LogP contribution is -2.47. The third kappa shape index (κ3) is 7.68. The van der Waals surface area contributed by atoms with Crippen LogP contribution in [0.1, 0.15) is 81.4 Å². The van der Waals surface area contributed by atoms with E-state index in [9.17, 15) is 10.2 Å². The molecular weight excluding hydrogens is 476 g/mol. The van der Waals surface area contributed by atoms with Crippen LogP contribution < -0.4 is 0 Å². The van der Waals surface area contributed by atoms with E-state index in [1.54, 1.807) is 0 Å². The fourth-order valence-electron chi connectivity index (χ4n) is 6.39. The standard InChI is InChI=1S/C32H48N2O2S/c1-3-4-7-23-37-24-22-34-20-18-33(19-21-34)17-6-5-8-31-30-14-13-29(36)25-26(30)15-16-32(31,2)27-9-11-28(35)12-10-27/h9-14,25,31,35-36H,3-8,15-24H2,1-2H3. The van der Waals surface area contributed by atoms with Crippen LogP contribution in [0.15, 0.2) is 42.5 Å². The van der Waals surface area contributed by atoms with Crippen LogP contribution in [0.5, 0.6) is 11.5 Å². The Morgan fingerprint density at radius 1 is 0.838 bits per heavy atom. The molecule has 37 heavy (non-hydrogen) atoms. The Morgan fingerprint density at radius 3 is 2.27 bits per heavy atom. The second-order valence-corrected chi connectivity index (χ2v) is 12.6. The van der Waals surface area contributed by atoms with E-state index in [2.05, 4.69) is 53.6 Å². The molecule has 0 saturated carbocycles. The van der Waals surface area contributed by atoms with E-state index in [0.29, 0.717) is 17.4 Å². The van der Waals surface area contributed by atoms with Crippen molar-refractivity contribution in [3.05, 3.63) is 59.2 Å². The van der Waals surface area contributed by atoms with Crippen LogP contribution in [-0.4, -0.2) is 70.8 Å². The van der Waals surface area contributed by atoms with Gasteiger partial charge in [-0.3, -0.25) is 4.90 Å². The van der Waals surface area contributed by atoms with E-state index in [-0.39, 0.29) is 5.41 Å². The summed E-state index contributed by atoms with van der Waals surface area (Å²) in [5.74, 6) is 3.74. The Balaban J connectivity index is 1.26. The van der Waals surface area contributed by atoms with Gasteiger partial charge in [0.25, 0.3) is 0 Å². The van der Waals surface area contributed by atoms with Crippen molar-refractivity contribution in [2.75, 3.05) is 50.8 Å². The average molecular weight is 525 g/mol. The van der Waals surface area contributed by atoms with Gasteiger partial charge in [-0.15, -0.1) is 0 Å². The molecule has 1 fully saturated rings. The number of phenols is 2. The number of benzene rings is 2. The molecule has 1 heterocycles. The molecule has 2 aromatic carbocycles. The zero-order valence-electron chi connectivity index (χ0n) is 23.1. The molecule has 0 bridgehead atoms. The summed E-state index contributed by atoms with van der Waals surface area (Å²) in [6.07, 6.45) is 9.73. The number of nitrogens with zero attached hydrogens (tertiary/aromatic N) is 2. The van der Waals surface area contributed by atoms with Crippen molar-refractivity contribution in [3.63, 3.8) is 0 Å². The third-order valence-corrected chi connectivity index (χ3v) is 9.89. The number of phenolic OH excluding ortho intramolecular Hbond substituents is 2. The van der Waals surface area contributed by atoms with E-state index >= 15 is 0 Å². The molecule has 5 heteroatoms. The number of piperazine rings is 1. The zero-order valence-corrected chi connectivity index (χ0v) is 23.9. The Bertz CT molecular complexity index is 958. The molecule has 0 radical (unpaired) electrons. The van der Waals surface area contributed by atoms with Gasteiger partial charge >= 0.3 is 0 Å². The molecule has 2 aromatic rings. The maximum absolute atomic E-state index is 10.1. The van der Waals surface area contributed by atoms with Gasteiger partial charge in [-0.2, -0.15) is 11.8 Å². The van der Waals surface area contributed by atoms with Gasteiger partial charge in [0.2, 0.25) is 0 Å². The van der Waals surface area contributed by atoms with Crippen molar-refractivity contribution in [1.29, 1.82) is 0 Å². The minimum Gasteiger partial charge on any atom is -0.508 e. The summed E-state index contributed by atoms with van der Waals surface area (Å²) < 4.78 is 0. The van der Waals surface area contributed by atoms with Gasteiger partial charge in [0.15, 0.2) is 0 Å². The molecule has 2 unspecified atom stereocenters. The molecule has 0 aromatic heterocycles.